The predicted molar refractivity (Wildman–Crippen MR) is 86.6 cm³/mol. The molecule has 5 heteroatoms. The Bertz CT molecular complexity index is 416. The molecular formula is C16H27N3O2. The average molecular weight is 293 g/mol. The molecule has 0 amide bonds. The fourth-order valence-electron chi connectivity index (χ4n) is 1.64. The Hall–Kier alpha value is -1.75. The summed E-state index contributed by atoms with van der Waals surface area (Å²) in [6.45, 7) is 7.06. The highest BCUT2D eigenvalue weighted by Crippen LogP contribution is 2.11. The molecule has 0 aromatic heterocycles. The molecular weight excluding hydrogens is 266 g/mol. The zero-order valence-corrected chi connectivity index (χ0v) is 13.3. The van der Waals surface area contributed by atoms with Gasteiger partial charge in [0, 0.05) is 19.7 Å². The van der Waals surface area contributed by atoms with Crippen molar-refractivity contribution in [3.05, 3.63) is 29.8 Å². The van der Waals surface area contributed by atoms with Crippen LogP contribution in [0.2, 0.25) is 0 Å². The number of benzene rings is 1. The maximum atomic E-state index is 5.74. The Morgan fingerprint density at radius 2 is 2.00 bits per heavy atom. The van der Waals surface area contributed by atoms with Crippen molar-refractivity contribution in [3.8, 4) is 5.75 Å². The number of rotatable bonds is 9. The zero-order valence-electron chi connectivity index (χ0n) is 13.3. The minimum absolute atomic E-state index is 0.513. The van der Waals surface area contributed by atoms with Gasteiger partial charge in [-0.15, -0.1) is 0 Å². The fourth-order valence-corrected chi connectivity index (χ4v) is 1.64. The summed E-state index contributed by atoms with van der Waals surface area (Å²) < 4.78 is 10.7. The van der Waals surface area contributed by atoms with Gasteiger partial charge in [-0.1, -0.05) is 26.0 Å². The van der Waals surface area contributed by atoms with Crippen LogP contribution in [0.1, 0.15) is 25.8 Å². The van der Waals surface area contributed by atoms with Gasteiger partial charge in [0.25, 0.3) is 0 Å². The van der Waals surface area contributed by atoms with Gasteiger partial charge in [-0.05, 0) is 30.0 Å². The molecule has 0 radical (unpaired) electrons. The molecule has 0 aliphatic rings. The maximum Gasteiger partial charge on any atom is 0.188 e. The third kappa shape index (κ3) is 8.19. The summed E-state index contributed by atoms with van der Waals surface area (Å²) in [7, 11) is 1.66. The van der Waals surface area contributed by atoms with E-state index >= 15 is 0 Å². The van der Waals surface area contributed by atoms with Crippen LogP contribution in [0.3, 0.4) is 0 Å². The highest BCUT2D eigenvalue weighted by molar-refractivity contribution is 5.77. The number of nitrogens with one attached hydrogen (secondary N) is 1. The first kappa shape index (κ1) is 17.3. The molecule has 0 aliphatic carbocycles. The van der Waals surface area contributed by atoms with Gasteiger partial charge in [0.05, 0.1) is 13.7 Å². The molecule has 5 nitrogen and oxygen atoms in total. The molecule has 0 aliphatic heterocycles. The van der Waals surface area contributed by atoms with E-state index in [9.17, 15) is 0 Å². The molecule has 0 heterocycles. The van der Waals surface area contributed by atoms with Gasteiger partial charge in [0.15, 0.2) is 5.96 Å². The third-order valence-electron chi connectivity index (χ3n) is 2.83. The normalized spacial score (nSPS) is 11.7. The number of hydrogen-bond donors (Lipinski definition) is 2. The molecule has 0 bridgehead atoms. The Morgan fingerprint density at radius 1 is 1.29 bits per heavy atom. The molecule has 1 aromatic rings. The van der Waals surface area contributed by atoms with Crippen molar-refractivity contribution in [1.29, 1.82) is 0 Å². The second-order valence-electron chi connectivity index (χ2n) is 5.30. The van der Waals surface area contributed by atoms with E-state index in [1.54, 1.807) is 7.11 Å². The zero-order chi connectivity index (χ0) is 15.5. The number of nitrogens with zero attached hydrogens (tertiary/aromatic N) is 1. The lowest BCUT2D eigenvalue weighted by Crippen LogP contribution is -2.33. The SMILES string of the molecule is COc1ccc(COCCCNC(N)=NCC(C)C)cc1. The van der Waals surface area contributed by atoms with E-state index in [0.717, 1.165) is 30.8 Å². The molecule has 0 fully saturated rings. The van der Waals surface area contributed by atoms with E-state index in [1.165, 1.54) is 0 Å². The highest BCUT2D eigenvalue weighted by atomic mass is 16.5. The molecule has 0 unspecified atom stereocenters. The molecule has 118 valence electrons. The van der Waals surface area contributed by atoms with E-state index in [-0.39, 0.29) is 0 Å². The van der Waals surface area contributed by atoms with Crippen molar-refractivity contribution in [3.63, 3.8) is 0 Å². The van der Waals surface area contributed by atoms with Crippen molar-refractivity contribution >= 4 is 5.96 Å². The first-order valence-electron chi connectivity index (χ1n) is 7.36. The summed E-state index contributed by atoms with van der Waals surface area (Å²) in [4.78, 5) is 4.24. The lowest BCUT2D eigenvalue weighted by atomic mass is 10.2. The first-order chi connectivity index (χ1) is 10.1. The molecule has 0 spiro atoms. The van der Waals surface area contributed by atoms with Crippen LogP contribution in [-0.2, 0) is 11.3 Å². The summed E-state index contributed by atoms with van der Waals surface area (Å²) in [6, 6.07) is 7.89. The van der Waals surface area contributed by atoms with Gasteiger partial charge < -0.3 is 20.5 Å². The summed E-state index contributed by atoms with van der Waals surface area (Å²) in [5, 5.41) is 3.08. The largest absolute Gasteiger partial charge is 0.497 e. The second-order valence-corrected chi connectivity index (χ2v) is 5.30. The molecule has 0 saturated heterocycles. The summed E-state index contributed by atoms with van der Waals surface area (Å²) >= 11 is 0. The van der Waals surface area contributed by atoms with E-state index in [2.05, 4.69) is 24.2 Å². The van der Waals surface area contributed by atoms with Crippen LogP contribution in [0.5, 0.6) is 5.75 Å². The summed E-state index contributed by atoms with van der Waals surface area (Å²) in [5.74, 6) is 1.90. The van der Waals surface area contributed by atoms with Gasteiger partial charge in [0.2, 0.25) is 0 Å². The van der Waals surface area contributed by atoms with Crippen molar-refractivity contribution < 1.29 is 9.47 Å². The van der Waals surface area contributed by atoms with Crippen molar-refractivity contribution in [2.75, 3.05) is 26.8 Å². The molecule has 1 rings (SSSR count). The molecule has 1 aromatic carbocycles. The van der Waals surface area contributed by atoms with Gasteiger partial charge in [-0.2, -0.15) is 0 Å². The average Bonchev–Trinajstić information content (AvgIpc) is 2.49. The van der Waals surface area contributed by atoms with Crippen LogP contribution in [0.4, 0.5) is 0 Å². The molecule has 3 N–H and O–H groups in total. The van der Waals surface area contributed by atoms with Crippen LogP contribution in [0.15, 0.2) is 29.3 Å². The quantitative estimate of drug-likeness (QED) is 0.416. The number of guanidine groups is 1. The number of hydrogen-bond acceptors (Lipinski definition) is 3. The topological polar surface area (TPSA) is 68.9 Å². The minimum Gasteiger partial charge on any atom is -0.497 e. The Kier molecular flexibility index (Phi) is 8.28. The van der Waals surface area contributed by atoms with Gasteiger partial charge >= 0.3 is 0 Å². The van der Waals surface area contributed by atoms with Crippen LogP contribution in [0, 0.1) is 5.92 Å². The minimum atomic E-state index is 0.513. The Balaban J connectivity index is 2.07. The van der Waals surface area contributed by atoms with Gasteiger partial charge in [0.1, 0.15) is 5.75 Å². The van der Waals surface area contributed by atoms with E-state index < -0.39 is 0 Å². The molecule has 21 heavy (non-hydrogen) atoms. The van der Waals surface area contributed by atoms with Gasteiger partial charge in [-0.3, -0.25) is 4.99 Å². The van der Waals surface area contributed by atoms with E-state index in [0.29, 0.717) is 25.1 Å². The van der Waals surface area contributed by atoms with E-state index in [4.69, 9.17) is 15.2 Å². The van der Waals surface area contributed by atoms with Crippen molar-refractivity contribution in [1.82, 2.24) is 5.32 Å². The van der Waals surface area contributed by atoms with Crippen LogP contribution in [-0.4, -0.2) is 32.8 Å². The first-order valence-corrected chi connectivity index (χ1v) is 7.36. The van der Waals surface area contributed by atoms with Crippen LogP contribution in [0.25, 0.3) is 0 Å². The third-order valence-corrected chi connectivity index (χ3v) is 2.83. The maximum absolute atomic E-state index is 5.74. The fraction of sp³-hybridized carbons (Fsp3) is 0.562. The highest BCUT2D eigenvalue weighted by Gasteiger charge is 1.96. The standard InChI is InChI=1S/C16H27N3O2/c1-13(2)11-19-16(17)18-9-4-10-21-12-14-5-7-15(20-3)8-6-14/h5-8,13H,4,9-12H2,1-3H3,(H3,17,18,19). The monoisotopic (exact) mass is 293 g/mol. The van der Waals surface area contributed by atoms with Crippen molar-refractivity contribution in [2.24, 2.45) is 16.6 Å². The number of ether oxygens (including phenoxy) is 2. The lowest BCUT2D eigenvalue weighted by Gasteiger charge is -2.08. The second kappa shape index (κ2) is 10.0. The number of methoxy groups -OCH3 is 1. The smallest absolute Gasteiger partial charge is 0.188 e. The van der Waals surface area contributed by atoms with Crippen LogP contribution < -0.4 is 15.8 Å². The van der Waals surface area contributed by atoms with Gasteiger partial charge in [-0.25, -0.2) is 0 Å². The molecule has 0 saturated carbocycles. The summed E-state index contributed by atoms with van der Waals surface area (Å²) in [5.41, 5.74) is 6.88. The van der Waals surface area contributed by atoms with Crippen molar-refractivity contribution in [2.45, 2.75) is 26.9 Å². The summed E-state index contributed by atoms with van der Waals surface area (Å²) in [6.07, 6.45) is 0.897. The number of aliphatic imine (C=N–C) groups is 1. The Labute approximate surface area is 127 Å². The van der Waals surface area contributed by atoms with Crippen LogP contribution >= 0.6 is 0 Å². The van der Waals surface area contributed by atoms with E-state index in [1.807, 2.05) is 24.3 Å². The lowest BCUT2D eigenvalue weighted by molar-refractivity contribution is 0.119. The molecule has 0 atom stereocenters. The number of nitrogens with two attached hydrogens (primary N) is 1. The Morgan fingerprint density at radius 3 is 2.62 bits per heavy atom. The predicted octanol–water partition coefficient (Wildman–Crippen LogP) is 2.16.